The van der Waals surface area contributed by atoms with Gasteiger partial charge in [-0.2, -0.15) is 4.31 Å². The molecule has 4 nitrogen and oxygen atoms in total. The second-order valence-electron chi connectivity index (χ2n) is 4.73. The Morgan fingerprint density at radius 3 is 2.82 bits per heavy atom. The Kier molecular flexibility index (Phi) is 5.62. The highest BCUT2D eigenvalue weighted by Crippen LogP contribution is 2.16. The minimum absolute atomic E-state index is 0.347. The van der Waals surface area contributed by atoms with E-state index in [0.717, 1.165) is 25.0 Å². The lowest BCUT2D eigenvalue weighted by atomic mass is 10.2. The molecule has 1 aliphatic rings. The van der Waals surface area contributed by atoms with Crippen LogP contribution in [0.25, 0.3) is 0 Å². The van der Waals surface area contributed by atoms with Gasteiger partial charge < -0.3 is 5.32 Å². The van der Waals surface area contributed by atoms with Crippen LogP contribution in [0, 0.1) is 0 Å². The van der Waals surface area contributed by atoms with E-state index >= 15 is 0 Å². The lowest BCUT2D eigenvalue weighted by Gasteiger charge is -2.28. The van der Waals surface area contributed by atoms with Crippen LogP contribution in [-0.2, 0) is 10.0 Å². The van der Waals surface area contributed by atoms with Gasteiger partial charge in [-0.1, -0.05) is 18.6 Å². The molecule has 0 spiro atoms. The molecule has 1 N–H and O–H groups in total. The zero-order valence-electron chi connectivity index (χ0n) is 11.1. The van der Waals surface area contributed by atoms with Crippen molar-refractivity contribution in [3.05, 3.63) is 11.6 Å². The number of hydrogen-bond donors (Lipinski definition) is 1. The average Bonchev–Trinajstić information content (AvgIpc) is 2.29. The summed E-state index contributed by atoms with van der Waals surface area (Å²) in [7, 11) is -3.15. The average molecular weight is 260 g/mol. The predicted octanol–water partition coefficient (Wildman–Crippen LogP) is 1.36. The minimum atomic E-state index is -3.15. The summed E-state index contributed by atoms with van der Waals surface area (Å²) in [5, 5.41) is 2.82. The Hall–Kier alpha value is -0.390. The number of hydrogen-bond acceptors (Lipinski definition) is 3. The molecule has 1 unspecified atom stereocenters. The molecule has 0 aliphatic carbocycles. The fourth-order valence-electron chi connectivity index (χ4n) is 1.94. The first-order valence-corrected chi connectivity index (χ1v) is 7.84. The van der Waals surface area contributed by atoms with Gasteiger partial charge in [0.2, 0.25) is 10.0 Å². The van der Waals surface area contributed by atoms with E-state index in [1.807, 2.05) is 6.92 Å². The summed E-state index contributed by atoms with van der Waals surface area (Å²) >= 11 is 0. The third-order valence-electron chi connectivity index (χ3n) is 3.02. The number of rotatable bonds is 6. The summed E-state index contributed by atoms with van der Waals surface area (Å²) in [5.41, 5.74) is 1.15. The Morgan fingerprint density at radius 1 is 1.53 bits per heavy atom. The lowest BCUT2D eigenvalue weighted by molar-refractivity contribution is 0.418. The maximum absolute atomic E-state index is 12.3. The molecule has 1 aliphatic heterocycles. The van der Waals surface area contributed by atoms with Crippen molar-refractivity contribution >= 4 is 10.0 Å². The van der Waals surface area contributed by atoms with Crippen LogP contribution in [0.5, 0.6) is 0 Å². The quantitative estimate of drug-likeness (QED) is 0.579. The smallest absolute Gasteiger partial charge is 0.218 e. The molecule has 0 aromatic rings. The Balaban J connectivity index is 2.58. The number of sulfonamides is 1. The lowest BCUT2D eigenvalue weighted by Crippen LogP contribution is -2.44. The first kappa shape index (κ1) is 14.7. The van der Waals surface area contributed by atoms with Gasteiger partial charge in [0.1, 0.15) is 0 Å². The Bertz CT molecular complexity index is 363. The van der Waals surface area contributed by atoms with Crippen molar-refractivity contribution < 1.29 is 8.42 Å². The summed E-state index contributed by atoms with van der Waals surface area (Å²) < 4.78 is 26.2. The van der Waals surface area contributed by atoms with Crippen LogP contribution in [0.4, 0.5) is 0 Å². The molecule has 0 bridgehead atoms. The van der Waals surface area contributed by atoms with Gasteiger partial charge in [0, 0.05) is 19.6 Å². The summed E-state index contributed by atoms with van der Waals surface area (Å²) in [4.78, 5) is 0. The van der Waals surface area contributed by atoms with Crippen molar-refractivity contribution in [2.24, 2.45) is 0 Å². The molecule has 1 heterocycles. The molecule has 1 atom stereocenters. The van der Waals surface area contributed by atoms with E-state index in [2.05, 4.69) is 18.3 Å². The van der Waals surface area contributed by atoms with Gasteiger partial charge in [-0.15, -0.1) is 0 Å². The molecule has 0 fully saturated rings. The highest BCUT2D eigenvalue weighted by atomic mass is 32.2. The molecule has 0 saturated carbocycles. The van der Waals surface area contributed by atoms with E-state index in [4.69, 9.17) is 0 Å². The number of nitrogens with one attached hydrogen (secondary N) is 1. The van der Waals surface area contributed by atoms with Crippen LogP contribution in [0.1, 0.15) is 33.6 Å². The molecule has 0 radical (unpaired) electrons. The highest BCUT2D eigenvalue weighted by Gasteiger charge is 2.29. The molecule has 1 rings (SSSR count). The van der Waals surface area contributed by atoms with E-state index in [9.17, 15) is 8.42 Å². The van der Waals surface area contributed by atoms with Crippen LogP contribution in [-0.4, -0.2) is 44.2 Å². The van der Waals surface area contributed by atoms with Gasteiger partial charge in [-0.25, -0.2) is 8.42 Å². The molecule has 0 aromatic heterocycles. The van der Waals surface area contributed by atoms with Gasteiger partial charge in [-0.05, 0) is 33.2 Å². The van der Waals surface area contributed by atoms with Crippen LogP contribution >= 0.6 is 0 Å². The number of nitrogens with zero attached hydrogens (tertiary/aromatic N) is 1. The van der Waals surface area contributed by atoms with Crippen molar-refractivity contribution in [1.29, 1.82) is 0 Å². The highest BCUT2D eigenvalue weighted by molar-refractivity contribution is 7.89. The van der Waals surface area contributed by atoms with Crippen molar-refractivity contribution in [3.8, 4) is 0 Å². The molecule has 5 heteroatoms. The molecule has 0 amide bonds. The molecule has 17 heavy (non-hydrogen) atoms. The van der Waals surface area contributed by atoms with Crippen LogP contribution in [0.3, 0.4) is 0 Å². The van der Waals surface area contributed by atoms with E-state index in [0.29, 0.717) is 19.6 Å². The SMILES string of the molecule is CCCNCC(C)S(=O)(=O)N1CCC=C(C)C1. The van der Waals surface area contributed by atoms with Crippen molar-refractivity contribution in [1.82, 2.24) is 9.62 Å². The first-order chi connectivity index (χ1) is 7.98. The van der Waals surface area contributed by atoms with Gasteiger partial charge in [0.25, 0.3) is 0 Å². The minimum Gasteiger partial charge on any atom is -0.315 e. The van der Waals surface area contributed by atoms with E-state index < -0.39 is 10.0 Å². The second-order valence-corrected chi connectivity index (χ2v) is 7.08. The third kappa shape index (κ3) is 4.08. The summed E-state index contributed by atoms with van der Waals surface area (Å²) in [6.45, 7) is 8.44. The van der Waals surface area contributed by atoms with Crippen molar-refractivity contribution in [3.63, 3.8) is 0 Å². The van der Waals surface area contributed by atoms with E-state index in [1.165, 1.54) is 0 Å². The summed E-state index contributed by atoms with van der Waals surface area (Å²) in [5.74, 6) is 0. The third-order valence-corrected chi connectivity index (χ3v) is 5.24. The topological polar surface area (TPSA) is 49.4 Å². The second kappa shape index (κ2) is 6.52. The maximum atomic E-state index is 12.3. The fourth-order valence-corrected chi connectivity index (χ4v) is 3.52. The van der Waals surface area contributed by atoms with Crippen LogP contribution in [0.15, 0.2) is 11.6 Å². The van der Waals surface area contributed by atoms with Crippen molar-refractivity contribution in [2.45, 2.75) is 38.9 Å². The molecule has 0 aromatic carbocycles. The Labute approximate surface area is 105 Å². The molecule has 0 saturated heterocycles. The maximum Gasteiger partial charge on any atom is 0.218 e. The standard InChI is InChI=1S/C12H24N2O2S/c1-4-7-13-9-12(3)17(15,16)14-8-5-6-11(2)10-14/h6,12-13H,4-5,7-10H2,1-3H3. The summed E-state index contributed by atoms with van der Waals surface area (Å²) in [6.07, 6.45) is 3.98. The van der Waals surface area contributed by atoms with Gasteiger partial charge in [0.15, 0.2) is 0 Å². The van der Waals surface area contributed by atoms with Gasteiger partial charge >= 0.3 is 0 Å². The molecular weight excluding hydrogens is 236 g/mol. The van der Waals surface area contributed by atoms with Gasteiger partial charge in [-0.3, -0.25) is 0 Å². The van der Waals surface area contributed by atoms with Crippen LogP contribution in [0.2, 0.25) is 0 Å². The normalized spacial score (nSPS) is 20.1. The van der Waals surface area contributed by atoms with Crippen molar-refractivity contribution in [2.75, 3.05) is 26.2 Å². The zero-order chi connectivity index (χ0) is 12.9. The largest absolute Gasteiger partial charge is 0.315 e. The van der Waals surface area contributed by atoms with E-state index in [1.54, 1.807) is 11.2 Å². The predicted molar refractivity (Wildman–Crippen MR) is 71.5 cm³/mol. The monoisotopic (exact) mass is 260 g/mol. The Morgan fingerprint density at radius 2 is 2.24 bits per heavy atom. The summed E-state index contributed by atoms with van der Waals surface area (Å²) in [6, 6.07) is 0. The molecule has 100 valence electrons. The van der Waals surface area contributed by atoms with Gasteiger partial charge in [0.05, 0.1) is 5.25 Å². The first-order valence-electron chi connectivity index (χ1n) is 6.33. The van der Waals surface area contributed by atoms with E-state index in [-0.39, 0.29) is 5.25 Å². The zero-order valence-corrected chi connectivity index (χ0v) is 11.9. The molecular formula is C12H24N2O2S. The fraction of sp³-hybridized carbons (Fsp3) is 0.833. The van der Waals surface area contributed by atoms with Crippen LogP contribution < -0.4 is 5.32 Å².